The third-order valence-corrected chi connectivity index (χ3v) is 7.71. The fourth-order valence-electron chi connectivity index (χ4n) is 5.52. The minimum absolute atomic E-state index is 0.0359. The average Bonchev–Trinajstić information content (AvgIpc) is 2.98. The highest BCUT2D eigenvalue weighted by molar-refractivity contribution is 5.95. The molecule has 1 amide bonds. The van der Waals surface area contributed by atoms with Gasteiger partial charge in [0.2, 0.25) is 5.91 Å². The van der Waals surface area contributed by atoms with Crippen molar-refractivity contribution >= 4 is 29.3 Å². The Hall–Kier alpha value is -3.90. The number of methoxy groups -OCH3 is 1. The lowest BCUT2D eigenvalue weighted by molar-refractivity contribution is -0.134. The number of hydrogen-bond acceptors (Lipinski definition) is 5. The van der Waals surface area contributed by atoms with Crippen LogP contribution in [0.1, 0.15) is 48.8 Å². The molecule has 6 heteroatoms. The number of rotatable bonds is 10. The molecule has 1 fully saturated rings. The smallest absolute Gasteiger partial charge is 0.330 e. The van der Waals surface area contributed by atoms with E-state index in [9.17, 15) is 9.59 Å². The molecule has 0 aromatic heterocycles. The van der Waals surface area contributed by atoms with Crippen LogP contribution in [-0.4, -0.2) is 52.1 Å². The third kappa shape index (κ3) is 8.08. The third-order valence-electron chi connectivity index (χ3n) is 7.71. The molecule has 0 spiro atoms. The first kappa shape index (κ1) is 30.1. The van der Waals surface area contributed by atoms with Gasteiger partial charge in [0.1, 0.15) is 0 Å². The van der Waals surface area contributed by atoms with Crippen molar-refractivity contribution in [1.29, 1.82) is 0 Å². The lowest BCUT2D eigenvalue weighted by atomic mass is 9.88. The molecule has 3 aromatic rings. The van der Waals surface area contributed by atoms with E-state index in [4.69, 9.17) is 4.74 Å². The monoisotopic (exact) mass is 553 g/mol. The van der Waals surface area contributed by atoms with Gasteiger partial charge in [0.15, 0.2) is 0 Å². The fraction of sp³-hybridized carbons (Fsp3) is 0.371. The van der Waals surface area contributed by atoms with Gasteiger partial charge in [0.05, 0.1) is 13.7 Å². The highest BCUT2D eigenvalue weighted by atomic mass is 16.5. The summed E-state index contributed by atoms with van der Waals surface area (Å²) in [6.07, 6.45) is 8.40. The van der Waals surface area contributed by atoms with Crippen molar-refractivity contribution in [2.75, 3.05) is 45.1 Å². The Morgan fingerprint density at radius 3 is 2.24 bits per heavy atom. The quantitative estimate of drug-likeness (QED) is 0.205. The van der Waals surface area contributed by atoms with E-state index in [0.29, 0.717) is 6.54 Å². The van der Waals surface area contributed by atoms with E-state index in [1.165, 1.54) is 42.0 Å². The first-order valence-electron chi connectivity index (χ1n) is 14.5. The number of benzene rings is 3. The molecule has 0 unspecified atom stereocenters. The van der Waals surface area contributed by atoms with Crippen LogP contribution in [0.2, 0.25) is 0 Å². The molecule has 0 bridgehead atoms. The van der Waals surface area contributed by atoms with Crippen LogP contribution >= 0.6 is 0 Å². The van der Waals surface area contributed by atoms with E-state index in [2.05, 4.69) is 66.4 Å². The van der Waals surface area contributed by atoms with Crippen LogP contribution in [0.25, 0.3) is 17.2 Å². The zero-order valence-electron chi connectivity index (χ0n) is 25.1. The van der Waals surface area contributed by atoms with Gasteiger partial charge in [-0.25, -0.2) is 4.79 Å². The molecule has 0 atom stereocenters. The molecule has 0 saturated heterocycles. The summed E-state index contributed by atoms with van der Waals surface area (Å²) in [4.78, 5) is 31.9. The Labute approximate surface area is 245 Å². The Balaban J connectivity index is 1.69. The van der Waals surface area contributed by atoms with Crippen LogP contribution in [0, 0.1) is 5.92 Å². The number of carbonyl (C=O) groups excluding carboxylic acids is 2. The molecule has 1 aliphatic rings. The van der Waals surface area contributed by atoms with Gasteiger partial charge in [0.25, 0.3) is 0 Å². The van der Waals surface area contributed by atoms with Crippen LogP contribution in [0.15, 0.2) is 72.8 Å². The molecule has 3 aromatic carbocycles. The Kier molecular flexibility index (Phi) is 10.4. The zero-order chi connectivity index (χ0) is 29.4. The first-order chi connectivity index (χ1) is 19.7. The second kappa shape index (κ2) is 14.1. The lowest BCUT2D eigenvalue weighted by Crippen LogP contribution is -2.36. The number of anilines is 2. The summed E-state index contributed by atoms with van der Waals surface area (Å²) in [6, 6.07) is 23.1. The largest absolute Gasteiger partial charge is 0.466 e. The maximum atomic E-state index is 14.0. The van der Waals surface area contributed by atoms with Gasteiger partial charge in [-0.2, -0.15) is 0 Å². The van der Waals surface area contributed by atoms with Crippen LogP contribution < -0.4 is 9.80 Å². The molecule has 6 nitrogen and oxygen atoms in total. The Morgan fingerprint density at radius 1 is 0.854 bits per heavy atom. The van der Waals surface area contributed by atoms with Crippen LogP contribution in [0.4, 0.5) is 11.4 Å². The summed E-state index contributed by atoms with van der Waals surface area (Å²) >= 11 is 0. The van der Waals surface area contributed by atoms with Crippen LogP contribution in [0.5, 0.6) is 0 Å². The van der Waals surface area contributed by atoms with Gasteiger partial charge in [-0.05, 0) is 85.1 Å². The highest BCUT2D eigenvalue weighted by Gasteiger charge is 2.27. The SMILES string of the molecule is COC(=O)/C=C/c1cccc(N(Cc2ccc(-c3ccc(N(C)C)cc3)c(CN(C)C)c2)C(=O)C2CCCCC2)c1. The maximum Gasteiger partial charge on any atom is 0.330 e. The highest BCUT2D eigenvalue weighted by Crippen LogP contribution is 2.32. The molecular weight excluding hydrogens is 510 g/mol. The zero-order valence-corrected chi connectivity index (χ0v) is 25.1. The first-order valence-corrected chi connectivity index (χ1v) is 14.5. The van der Waals surface area contributed by atoms with Crippen molar-refractivity contribution < 1.29 is 14.3 Å². The van der Waals surface area contributed by atoms with Gasteiger partial charge in [-0.1, -0.05) is 61.7 Å². The number of hydrogen-bond donors (Lipinski definition) is 0. The number of ether oxygens (including phenoxy) is 1. The second-order valence-electron chi connectivity index (χ2n) is 11.4. The molecule has 0 radical (unpaired) electrons. The average molecular weight is 554 g/mol. The van der Waals surface area contributed by atoms with Crippen molar-refractivity contribution in [3.8, 4) is 11.1 Å². The molecule has 0 heterocycles. The molecule has 1 saturated carbocycles. The van der Waals surface area contributed by atoms with Gasteiger partial charge < -0.3 is 19.4 Å². The summed E-state index contributed by atoms with van der Waals surface area (Å²) in [5.41, 5.74) is 7.55. The topological polar surface area (TPSA) is 53.1 Å². The van der Waals surface area contributed by atoms with E-state index in [0.717, 1.165) is 49.0 Å². The molecule has 41 heavy (non-hydrogen) atoms. The minimum atomic E-state index is -0.407. The van der Waals surface area contributed by atoms with Gasteiger partial charge in [0, 0.05) is 44.0 Å². The van der Waals surface area contributed by atoms with E-state index < -0.39 is 5.97 Å². The predicted octanol–water partition coefficient (Wildman–Crippen LogP) is 6.78. The summed E-state index contributed by atoms with van der Waals surface area (Å²) in [6.45, 7) is 1.28. The van der Waals surface area contributed by atoms with Crippen molar-refractivity contribution in [2.45, 2.75) is 45.2 Å². The summed E-state index contributed by atoms with van der Waals surface area (Å²) in [7, 11) is 9.62. The summed E-state index contributed by atoms with van der Waals surface area (Å²) in [5, 5.41) is 0. The molecule has 4 rings (SSSR count). The normalized spacial score (nSPS) is 13.9. The number of amides is 1. The van der Waals surface area contributed by atoms with Gasteiger partial charge in [-0.3, -0.25) is 4.79 Å². The minimum Gasteiger partial charge on any atom is -0.466 e. The van der Waals surface area contributed by atoms with E-state index in [1.54, 1.807) is 6.08 Å². The van der Waals surface area contributed by atoms with Crippen molar-refractivity contribution in [2.24, 2.45) is 5.92 Å². The number of esters is 1. The summed E-state index contributed by atoms with van der Waals surface area (Å²) < 4.78 is 4.75. The van der Waals surface area contributed by atoms with Crippen molar-refractivity contribution in [3.63, 3.8) is 0 Å². The van der Waals surface area contributed by atoms with E-state index in [-0.39, 0.29) is 11.8 Å². The summed E-state index contributed by atoms with van der Waals surface area (Å²) in [5.74, 6) is -0.194. The Morgan fingerprint density at radius 2 is 1.59 bits per heavy atom. The predicted molar refractivity (Wildman–Crippen MR) is 169 cm³/mol. The number of carbonyl (C=O) groups is 2. The molecule has 1 aliphatic carbocycles. The fourth-order valence-corrected chi connectivity index (χ4v) is 5.52. The molecule has 216 valence electrons. The van der Waals surface area contributed by atoms with E-state index in [1.807, 2.05) is 43.3 Å². The molecule has 0 aliphatic heterocycles. The van der Waals surface area contributed by atoms with Crippen molar-refractivity contribution in [3.05, 3.63) is 89.5 Å². The standard InChI is InChI=1S/C35H43N3O3/c1-36(2)25-30-22-27(14-20-33(30)28-16-18-31(19-17-28)37(3)4)24-38(35(40)29-11-7-6-8-12-29)32-13-9-10-26(23-32)15-21-34(39)41-5/h9-10,13-23,29H,6-8,11-12,24-25H2,1-5H3/b21-15+. The van der Waals surface area contributed by atoms with Gasteiger partial charge in [-0.15, -0.1) is 0 Å². The van der Waals surface area contributed by atoms with E-state index >= 15 is 0 Å². The van der Waals surface area contributed by atoms with Crippen LogP contribution in [0.3, 0.4) is 0 Å². The molecular formula is C35H43N3O3. The molecule has 0 N–H and O–H groups in total. The van der Waals surface area contributed by atoms with Crippen LogP contribution in [-0.2, 0) is 27.4 Å². The lowest BCUT2D eigenvalue weighted by Gasteiger charge is -2.30. The Bertz CT molecular complexity index is 1360. The second-order valence-corrected chi connectivity index (χ2v) is 11.4. The van der Waals surface area contributed by atoms with Crippen molar-refractivity contribution in [1.82, 2.24) is 4.90 Å². The maximum absolute atomic E-state index is 14.0. The number of nitrogens with zero attached hydrogens (tertiary/aromatic N) is 3. The van der Waals surface area contributed by atoms with Gasteiger partial charge >= 0.3 is 5.97 Å².